The van der Waals surface area contributed by atoms with Gasteiger partial charge in [0.1, 0.15) is 11.2 Å². The summed E-state index contributed by atoms with van der Waals surface area (Å²) in [6.45, 7) is 0. The van der Waals surface area contributed by atoms with Gasteiger partial charge in [-0.2, -0.15) is 0 Å². The van der Waals surface area contributed by atoms with Crippen molar-refractivity contribution >= 4 is 110 Å². The zero-order valence-corrected chi connectivity index (χ0v) is 50.9. The molecule has 2 aliphatic rings. The maximum absolute atomic E-state index is 6.74. The highest BCUT2D eigenvalue weighted by molar-refractivity contribution is 7.19. The normalized spacial score (nSPS) is 14.6. The summed E-state index contributed by atoms with van der Waals surface area (Å²) >= 11 is 0. The second kappa shape index (κ2) is 20.3. The first-order chi connectivity index (χ1) is 45.1. The van der Waals surface area contributed by atoms with Gasteiger partial charge in [-0.25, -0.2) is 0 Å². The topological polar surface area (TPSA) is 18.1 Å². The van der Waals surface area contributed by atoms with Crippen molar-refractivity contribution in [3.05, 3.63) is 327 Å². The maximum Gasteiger partial charge on any atom is 0.180 e. The Hall–Kier alpha value is -11.4. The lowest BCUT2D eigenvalue weighted by Crippen LogP contribution is -2.66. The van der Waals surface area contributed by atoms with Crippen molar-refractivity contribution in [1.29, 1.82) is 0 Å². The molecule has 0 N–H and O–H groups in total. The summed E-state index contributed by atoms with van der Waals surface area (Å²) in [5.41, 5.74) is 19.9. The second-order valence-electron chi connectivity index (χ2n) is 24.9. The number of allylic oxidation sites excluding steroid dienone is 4. The van der Waals surface area contributed by atoms with Crippen molar-refractivity contribution in [2.75, 3.05) is 0 Å². The number of furan rings is 1. The molecule has 0 saturated carbocycles. The molecule has 15 aromatic carbocycles. The molecule has 1 atom stereocenters. The summed E-state index contributed by atoms with van der Waals surface area (Å²) in [5, 5.41) is 20.6. The molecule has 0 amide bonds. The van der Waals surface area contributed by atoms with Gasteiger partial charge in [0, 0.05) is 32.8 Å². The Labute approximate surface area is 528 Å². The molecule has 0 bridgehead atoms. The van der Waals surface area contributed by atoms with E-state index in [2.05, 4.69) is 326 Å². The van der Waals surface area contributed by atoms with Crippen LogP contribution in [-0.2, 0) is 0 Å². The minimum absolute atomic E-state index is 0.912. The van der Waals surface area contributed by atoms with Crippen LogP contribution in [0.15, 0.2) is 331 Å². The van der Waals surface area contributed by atoms with E-state index in [4.69, 9.17) is 4.42 Å². The molecule has 17 aromatic rings. The number of para-hydroxylation sites is 2. The number of nitrogens with zero attached hydrogens (tertiary/aromatic N) is 1. The first-order valence-electron chi connectivity index (χ1n) is 31.8. The third-order valence-corrected chi connectivity index (χ3v) is 25.0. The fourth-order valence-electron chi connectivity index (χ4n) is 15.9. The maximum atomic E-state index is 6.74. The number of hydrogen-bond acceptors (Lipinski definition) is 1. The van der Waals surface area contributed by atoms with E-state index >= 15 is 0 Å². The highest BCUT2D eigenvalue weighted by Gasteiger charge is 2.50. The Morgan fingerprint density at radius 1 is 0.297 bits per heavy atom. The van der Waals surface area contributed by atoms with Gasteiger partial charge in [-0.3, -0.25) is 0 Å². The van der Waals surface area contributed by atoms with Crippen molar-refractivity contribution in [3.63, 3.8) is 0 Å². The van der Waals surface area contributed by atoms with Crippen molar-refractivity contribution in [1.82, 2.24) is 4.57 Å². The monoisotopic (exact) mass is 1170 g/mol. The summed E-state index contributed by atoms with van der Waals surface area (Å²) < 4.78 is 9.29. The van der Waals surface area contributed by atoms with Gasteiger partial charge < -0.3 is 8.98 Å². The summed E-state index contributed by atoms with van der Waals surface area (Å²) in [6, 6.07) is 114. The van der Waals surface area contributed by atoms with E-state index in [1.54, 1.807) is 0 Å². The van der Waals surface area contributed by atoms with E-state index in [0.29, 0.717) is 0 Å². The van der Waals surface area contributed by atoms with Crippen LogP contribution in [0.3, 0.4) is 0 Å². The van der Waals surface area contributed by atoms with Gasteiger partial charge >= 0.3 is 0 Å². The molecule has 0 saturated heterocycles. The molecule has 1 aliphatic heterocycles. The van der Waals surface area contributed by atoms with Crippen LogP contribution in [0.5, 0.6) is 0 Å². The van der Waals surface area contributed by atoms with Crippen LogP contribution < -0.4 is 15.6 Å². The highest BCUT2D eigenvalue weighted by Crippen LogP contribution is 2.44. The smallest absolute Gasteiger partial charge is 0.180 e. The lowest BCUT2D eigenvalue weighted by molar-refractivity contribution is 0.670. The molecular formula is C88H57NOSi. The van der Waals surface area contributed by atoms with Crippen LogP contribution in [0.1, 0.15) is 12.8 Å². The fraction of sp³-hybridized carbons (Fsp3) is 0.0227. The van der Waals surface area contributed by atoms with Crippen LogP contribution in [0, 0.1) is 0 Å². The molecule has 3 heteroatoms. The van der Waals surface area contributed by atoms with Gasteiger partial charge in [-0.1, -0.05) is 267 Å². The molecule has 0 spiro atoms. The third kappa shape index (κ3) is 7.91. The minimum Gasteiger partial charge on any atom is -0.455 e. The Morgan fingerprint density at radius 3 is 1.40 bits per heavy atom. The first-order valence-corrected chi connectivity index (χ1v) is 33.8. The molecule has 3 heterocycles. The van der Waals surface area contributed by atoms with E-state index < -0.39 is 8.07 Å². The molecule has 1 unspecified atom stereocenters. The van der Waals surface area contributed by atoms with E-state index in [0.717, 1.165) is 46.0 Å². The molecule has 2 aromatic heterocycles. The zero-order valence-electron chi connectivity index (χ0n) is 49.9. The van der Waals surface area contributed by atoms with Crippen LogP contribution >= 0.6 is 0 Å². The standard InChI is InChI=1S/C88H57NOSi/c1-3-20-66(21-4-1)91(67-22-5-2-6-23-67)86-54-64(70-31-17-32-78-75-30-15-16-33-85(75)90-88(70)78)42-46-76(86)77-47-45-65(55-87(77)91)89-83-48-43-60(56-34-38-58(39-35-56)79-52-62-18-7-9-24-68(62)71-26-11-13-28-73(71)79)50-81(83)82-51-61(44-49-84(82)89)57-36-40-59(41-37-57)80-53-63-19-8-10-25-69(63)72-27-12-14-29-74(72)80/h1,3-5,7-55H,2,6H2. The number of benzene rings is 15. The van der Waals surface area contributed by atoms with E-state index in [9.17, 15) is 0 Å². The molecule has 424 valence electrons. The predicted octanol–water partition coefficient (Wildman–Crippen LogP) is 21.9. The lowest BCUT2D eigenvalue weighted by Gasteiger charge is -2.33. The number of hydrogen-bond donors (Lipinski definition) is 0. The molecule has 0 fully saturated rings. The molecule has 0 radical (unpaired) electrons. The Kier molecular flexibility index (Phi) is 11.5. The van der Waals surface area contributed by atoms with Gasteiger partial charge in [-0.05, 0) is 192 Å². The average Bonchev–Trinajstić information content (AvgIpc) is 1.55. The molecule has 91 heavy (non-hydrogen) atoms. The first kappa shape index (κ1) is 51.7. The summed E-state index contributed by atoms with van der Waals surface area (Å²) in [5.74, 6) is 0. The second-order valence-corrected chi connectivity index (χ2v) is 28.6. The molecular weight excluding hydrogens is 1120 g/mol. The van der Waals surface area contributed by atoms with Gasteiger partial charge in [0.05, 0.1) is 11.0 Å². The van der Waals surface area contributed by atoms with Crippen molar-refractivity contribution < 1.29 is 4.42 Å². The van der Waals surface area contributed by atoms with Crippen molar-refractivity contribution in [2.45, 2.75) is 12.8 Å². The van der Waals surface area contributed by atoms with Crippen LogP contribution in [0.2, 0.25) is 0 Å². The van der Waals surface area contributed by atoms with E-state index in [1.807, 2.05) is 0 Å². The lowest BCUT2D eigenvalue weighted by atomic mass is 9.92. The Balaban J connectivity index is 0.789. The van der Waals surface area contributed by atoms with Crippen LogP contribution in [-0.4, -0.2) is 12.6 Å². The van der Waals surface area contributed by atoms with Crippen molar-refractivity contribution in [3.8, 4) is 72.4 Å². The summed E-state index contributed by atoms with van der Waals surface area (Å²) in [6.07, 6.45) is 9.50. The van der Waals surface area contributed by atoms with Gasteiger partial charge in [-0.15, -0.1) is 0 Å². The Morgan fingerprint density at radius 2 is 0.791 bits per heavy atom. The molecule has 19 rings (SSSR count). The summed E-state index contributed by atoms with van der Waals surface area (Å²) in [7, 11) is -2.98. The third-order valence-electron chi connectivity index (χ3n) is 20.1. The van der Waals surface area contributed by atoms with Crippen molar-refractivity contribution in [2.24, 2.45) is 0 Å². The van der Waals surface area contributed by atoms with E-state index in [-0.39, 0.29) is 0 Å². The van der Waals surface area contributed by atoms with E-state index in [1.165, 1.54) is 147 Å². The summed E-state index contributed by atoms with van der Waals surface area (Å²) in [4.78, 5) is 0. The average molecular weight is 1170 g/mol. The number of rotatable bonds is 8. The predicted molar refractivity (Wildman–Crippen MR) is 388 cm³/mol. The zero-order chi connectivity index (χ0) is 59.7. The fourth-order valence-corrected chi connectivity index (χ4v) is 21.3. The van der Waals surface area contributed by atoms with Gasteiger partial charge in [0.2, 0.25) is 0 Å². The Bertz CT molecular complexity index is 5720. The quantitative estimate of drug-likeness (QED) is 0.110. The van der Waals surface area contributed by atoms with Gasteiger partial charge in [0.15, 0.2) is 8.07 Å². The number of fused-ring (bicyclic) bond motifs is 15. The SMILES string of the molecule is C1=CC([Si]2(c3ccccc3)c3cc(-c4cccc5c4oc4ccccc45)ccc3-c3ccc(-n4c5ccc(-c6ccc(-c7cc8ccccc8c8ccccc78)cc6)cc5c5cc(-c6ccc(-c7cc8ccccc8c8ccccc78)cc6)ccc54)cc32)=CCC1. The number of aromatic nitrogens is 1. The van der Waals surface area contributed by atoms with Gasteiger partial charge in [0.25, 0.3) is 0 Å². The molecule has 2 nitrogen and oxygen atoms in total. The molecule has 1 aliphatic carbocycles. The van der Waals surface area contributed by atoms with Crippen LogP contribution in [0.25, 0.3) is 159 Å². The largest absolute Gasteiger partial charge is 0.455 e. The highest BCUT2D eigenvalue weighted by atomic mass is 28.3. The van der Waals surface area contributed by atoms with Crippen LogP contribution in [0.4, 0.5) is 0 Å². The minimum atomic E-state index is -2.98.